The Morgan fingerprint density at radius 3 is 2.21 bits per heavy atom. The topological polar surface area (TPSA) is 115 Å². The van der Waals surface area contributed by atoms with Gasteiger partial charge in [0, 0.05) is 5.56 Å². The van der Waals surface area contributed by atoms with E-state index in [1.54, 1.807) is 0 Å². The molecule has 0 atom stereocenters. The van der Waals surface area contributed by atoms with Crippen molar-refractivity contribution in [3.8, 4) is 16.9 Å². The highest BCUT2D eigenvalue weighted by Gasteiger charge is 2.16. The van der Waals surface area contributed by atoms with Crippen LogP contribution in [-0.4, -0.2) is 29.3 Å². The zero-order valence-electron chi connectivity index (χ0n) is 12.3. The standard InChI is InChI=1S/C16H13N3O4S/c17-24(22,23)13-8-6-12(7-9-13)19-15(10-14(18-19)16(20)21)11-4-2-1-3-5-11/h1-10H,(H,20,21)(H2,17,22,23). The maximum Gasteiger partial charge on any atom is 0.356 e. The summed E-state index contributed by atoms with van der Waals surface area (Å²) >= 11 is 0. The van der Waals surface area contributed by atoms with Gasteiger partial charge >= 0.3 is 5.97 Å². The van der Waals surface area contributed by atoms with Crippen molar-refractivity contribution in [1.29, 1.82) is 0 Å². The molecule has 0 bridgehead atoms. The number of rotatable bonds is 4. The van der Waals surface area contributed by atoms with Crippen molar-refractivity contribution >= 4 is 16.0 Å². The Kier molecular flexibility index (Phi) is 3.92. The fourth-order valence-electron chi connectivity index (χ4n) is 2.27. The first-order valence-electron chi connectivity index (χ1n) is 6.88. The molecule has 3 rings (SSSR count). The molecule has 0 spiro atoms. The maximum absolute atomic E-state index is 11.3. The highest BCUT2D eigenvalue weighted by atomic mass is 32.2. The molecule has 0 aliphatic rings. The minimum atomic E-state index is -3.80. The van der Waals surface area contributed by atoms with Crippen LogP contribution in [0.1, 0.15) is 10.5 Å². The number of aromatic nitrogens is 2. The molecule has 0 unspecified atom stereocenters. The van der Waals surface area contributed by atoms with Gasteiger partial charge in [-0.2, -0.15) is 5.10 Å². The normalized spacial score (nSPS) is 11.4. The van der Waals surface area contributed by atoms with E-state index in [4.69, 9.17) is 5.14 Å². The molecule has 7 nitrogen and oxygen atoms in total. The quantitative estimate of drug-likeness (QED) is 0.750. The van der Waals surface area contributed by atoms with E-state index < -0.39 is 16.0 Å². The van der Waals surface area contributed by atoms with Gasteiger partial charge in [0.1, 0.15) is 0 Å². The number of primary sulfonamides is 1. The lowest BCUT2D eigenvalue weighted by molar-refractivity contribution is 0.0690. The second-order valence-corrected chi connectivity index (χ2v) is 6.60. The number of sulfonamides is 1. The molecule has 0 saturated carbocycles. The largest absolute Gasteiger partial charge is 0.476 e. The summed E-state index contributed by atoms with van der Waals surface area (Å²) < 4.78 is 24.1. The average molecular weight is 343 g/mol. The van der Waals surface area contributed by atoms with Gasteiger partial charge < -0.3 is 5.11 Å². The molecule has 1 aromatic heterocycles. The predicted octanol–water partition coefficient (Wildman–Crippen LogP) is 1.88. The van der Waals surface area contributed by atoms with E-state index >= 15 is 0 Å². The Hall–Kier alpha value is -2.97. The van der Waals surface area contributed by atoms with Crippen molar-refractivity contribution in [3.05, 3.63) is 66.4 Å². The first kappa shape index (κ1) is 15.9. The Morgan fingerprint density at radius 2 is 1.67 bits per heavy atom. The number of benzene rings is 2. The minimum Gasteiger partial charge on any atom is -0.476 e. The summed E-state index contributed by atoms with van der Waals surface area (Å²) in [6, 6.07) is 16.4. The van der Waals surface area contributed by atoms with Crippen molar-refractivity contribution in [3.63, 3.8) is 0 Å². The first-order valence-corrected chi connectivity index (χ1v) is 8.43. The van der Waals surface area contributed by atoms with E-state index in [0.29, 0.717) is 11.4 Å². The third-order valence-corrected chi connectivity index (χ3v) is 4.34. The number of nitrogens with two attached hydrogens (primary N) is 1. The van der Waals surface area contributed by atoms with Gasteiger partial charge in [0.2, 0.25) is 10.0 Å². The third kappa shape index (κ3) is 3.05. The van der Waals surface area contributed by atoms with Crippen LogP contribution in [0.2, 0.25) is 0 Å². The second kappa shape index (κ2) is 5.91. The lowest BCUT2D eigenvalue weighted by atomic mass is 10.1. The third-order valence-electron chi connectivity index (χ3n) is 3.41. The van der Waals surface area contributed by atoms with E-state index in [1.807, 2.05) is 30.3 Å². The molecular formula is C16H13N3O4S. The second-order valence-electron chi connectivity index (χ2n) is 5.04. The Bertz CT molecular complexity index is 994. The summed E-state index contributed by atoms with van der Waals surface area (Å²) in [4.78, 5) is 11.2. The Labute approximate surface area is 138 Å². The molecule has 3 N–H and O–H groups in total. The van der Waals surface area contributed by atoms with E-state index in [0.717, 1.165) is 5.56 Å². The molecule has 0 amide bonds. The summed E-state index contributed by atoms with van der Waals surface area (Å²) in [6.07, 6.45) is 0. The van der Waals surface area contributed by atoms with Gasteiger partial charge in [-0.25, -0.2) is 23.0 Å². The lowest BCUT2D eigenvalue weighted by Crippen LogP contribution is -2.12. The van der Waals surface area contributed by atoms with Crippen LogP contribution >= 0.6 is 0 Å². The monoisotopic (exact) mass is 343 g/mol. The number of carboxylic acid groups (broad SMARTS) is 1. The highest BCUT2D eigenvalue weighted by Crippen LogP contribution is 2.24. The molecule has 0 radical (unpaired) electrons. The number of hydrogen-bond donors (Lipinski definition) is 2. The molecule has 1 heterocycles. The predicted molar refractivity (Wildman–Crippen MR) is 87.3 cm³/mol. The SMILES string of the molecule is NS(=O)(=O)c1ccc(-n2nc(C(=O)O)cc2-c2ccccc2)cc1. The van der Waals surface area contributed by atoms with Crippen molar-refractivity contribution in [1.82, 2.24) is 9.78 Å². The van der Waals surface area contributed by atoms with E-state index in [-0.39, 0.29) is 10.6 Å². The van der Waals surface area contributed by atoms with Crippen LogP contribution in [0.15, 0.2) is 65.6 Å². The first-order chi connectivity index (χ1) is 11.4. The minimum absolute atomic E-state index is 0.0295. The van der Waals surface area contributed by atoms with Gasteiger partial charge in [0.25, 0.3) is 0 Å². The van der Waals surface area contributed by atoms with Gasteiger partial charge in [0.15, 0.2) is 5.69 Å². The van der Waals surface area contributed by atoms with Crippen molar-refractivity contribution in [2.75, 3.05) is 0 Å². The summed E-state index contributed by atoms with van der Waals surface area (Å²) in [6.45, 7) is 0. The number of carboxylic acids is 1. The maximum atomic E-state index is 11.3. The molecule has 0 aliphatic carbocycles. The van der Waals surface area contributed by atoms with E-state index in [1.165, 1.54) is 35.0 Å². The molecule has 0 saturated heterocycles. The summed E-state index contributed by atoms with van der Waals surface area (Å²) in [5.41, 5.74) is 1.78. The zero-order chi connectivity index (χ0) is 17.3. The number of hydrogen-bond acceptors (Lipinski definition) is 4. The van der Waals surface area contributed by atoms with Gasteiger partial charge in [-0.1, -0.05) is 30.3 Å². The molecule has 8 heteroatoms. The van der Waals surface area contributed by atoms with Crippen LogP contribution in [0.4, 0.5) is 0 Å². The van der Waals surface area contributed by atoms with Crippen LogP contribution in [0.5, 0.6) is 0 Å². The number of carbonyl (C=O) groups is 1. The molecule has 122 valence electrons. The van der Waals surface area contributed by atoms with Crippen LogP contribution in [-0.2, 0) is 10.0 Å². The van der Waals surface area contributed by atoms with Crippen LogP contribution in [0.3, 0.4) is 0 Å². The number of nitrogens with zero attached hydrogens (tertiary/aromatic N) is 2. The molecule has 24 heavy (non-hydrogen) atoms. The van der Waals surface area contributed by atoms with Crippen molar-refractivity contribution in [2.45, 2.75) is 4.90 Å². The fourth-order valence-corrected chi connectivity index (χ4v) is 2.79. The summed E-state index contributed by atoms with van der Waals surface area (Å²) in [7, 11) is -3.80. The average Bonchev–Trinajstić information content (AvgIpc) is 3.00. The van der Waals surface area contributed by atoms with E-state index in [9.17, 15) is 18.3 Å². The molecular weight excluding hydrogens is 330 g/mol. The molecule has 2 aromatic carbocycles. The lowest BCUT2D eigenvalue weighted by Gasteiger charge is -2.08. The summed E-state index contributed by atoms with van der Waals surface area (Å²) in [5, 5.41) is 18.4. The van der Waals surface area contributed by atoms with Gasteiger partial charge in [-0.05, 0) is 30.3 Å². The molecule has 0 fully saturated rings. The highest BCUT2D eigenvalue weighted by molar-refractivity contribution is 7.89. The van der Waals surface area contributed by atoms with Crippen LogP contribution in [0, 0.1) is 0 Å². The van der Waals surface area contributed by atoms with Crippen LogP contribution < -0.4 is 5.14 Å². The van der Waals surface area contributed by atoms with Gasteiger partial charge in [-0.3, -0.25) is 0 Å². The van der Waals surface area contributed by atoms with E-state index in [2.05, 4.69) is 5.10 Å². The molecule has 0 aliphatic heterocycles. The van der Waals surface area contributed by atoms with Gasteiger partial charge in [0.05, 0.1) is 16.3 Å². The fraction of sp³-hybridized carbons (Fsp3) is 0. The molecule has 3 aromatic rings. The zero-order valence-corrected chi connectivity index (χ0v) is 13.1. The number of aromatic carboxylic acids is 1. The Balaban J connectivity index is 2.15. The summed E-state index contributed by atoms with van der Waals surface area (Å²) in [5.74, 6) is -1.15. The van der Waals surface area contributed by atoms with Crippen molar-refractivity contribution < 1.29 is 18.3 Å². The van der Waals surface area contributed by atoms with Crippen LogP contribution in [0.25, 0.3) is 16.9 Å². The Morgan fingerprint density at radius 1 is 1.04 bits per heavy atom. The smallest absolute Gasteiger partial charge is 0.356 e. The van der Waals surface area contributed by atoms with Crippen molar-refractivity contribution in [2.24, 2.45) is 5.14 Å². The van der Waals surface area contributed by atoms with Gasteiger partial charge in [-0.15, -0.1) is 0 Å².